The maximum atomic E-state index is 10.7. The molecule has 0 aliphatic carbocycles. The second kappa shape index (κ2) is 3.53. The molecular formula is C8H9ClN2O2. The maximum Gasteiger partial charge on any atom is 0.221 e. The van der Waals surface area contributed by atoms with Gasteiger partial charge in [0.1, 0.15) is 0 Å². The predicted molar refractivity (Wildman–Crippen MR) is 51.8 cm³/mol. The van der Waals surface area contributed by atoms with Gasteiger partial charge in [-0.25, -0.2) is 0 Å². The predicted octanol–water partition coefficient (Wildman–Crippen LogP) is 1.59. The molecule has 0 saturated carbocycles. The highest BCUT2D eigenvalue weighted by molar-refractivity contribution is 6.31. The van der Waals surface area contributed by atoms with Crippen LogP contribution in [0.15, 0.2) is 12.1 Å². The smallest absolute Gasteiger partial charge is 0.221 e. The summed E-state index contributed by atoms with van der Waals surface area (Å²) in [5, 5.41) is 12.1. The Hall–Kier alpha value is -1.42. The lowest BCUT2D eigenvalue weighted by atomic mass is 10.2. The molecule has 1 aromatic rings. The Bertz CT molecular complexity index is 352. The number of hydrogen-bond donors (Lipinski definition) is 3. The van der Waals surface area contributed by atoms with Crippen LogP contribution in [0.1, 0.15) is 6.92 Å². The van der Waals surface area contributed by atoms with Crippen LogP contribution in [-0.4, -0.2) is 11.0 Å². The van der Waals surface area contributed by atoms with E-state index in [0.717, 1.165) is 0 Å². The van der Waals surface area contributed by atoms with E-state index in [1.54, 1.807) is 0 Å². The van der Waals surface area contributed by atoms with Gasteiger partial charge in [-0.1, -0.05) is 11.6 Å². The summed E-state index contributed by atoms with van der Waals surface area (Å²) in [7, 11) is 0. The number of nitrogens with two attached hydrogens (primary N) is 1. The fraction of sp³-hybridized carbons (Fsp3) is 0.125. The van der Waals surface area contributed by atoms with Crippen LogP contribution in [0.4, 0.5) is 11.4 Å². The van der Waals surface area contributed by atoms with Crippen LogP contribution in [0.5, 0.6) is 5.75 Å². The van der Waals surface area contributed by atoms with Gasteiger partial charge >= 0.3 is 0 Å². The van der Waals surface area contributed by atoms with E-state index >= 15 is 0 Å². The molecule has 0 radical (unpaired) electrons. The first-order chi connectivity index (χ1) is 6.00. The van der Waals surface area contributed by atoms with Gasteiger partial charge in [-0.3, -0.25) is 4.79 Å². The largest absolute Gasteiger partial charge is 0.504 e. The molecule has 13 heavy (non-hydrogen) atoms. The summed E-state index contributed by atoms with van der Waals surface area (Å²) >= 11 is 5.66. The fourth-order valence-corrected chi connectivity index (χ4v) is 1.13. The molecule has 4 N–H and O–H groups in total. The molecule has 1 aromatic carbocycles. The molecule has 0 atom stereocenters. The van der Waals surface area contributed by atoms with Crippen LogP contribution in [0.2, 0.25) is 5.02 Å². The third kappa shape index (κ3) is 2.26. The van der Waals surface area contributed by atoms with Crippen molar-refractivity contribution in [2.24, 2.45) is 0 Å². The Morgan fingerprint density at radius 1 is 1.62 bits per heavy atom. The van der Waals surface area contributed by atoms with Gasteiger partial charge in [0, 0.05) is 11.9 Å². The highest BCUT2D eigenvalue weighted by Gasteiger charge is 2.07. The van der Waals surface area contributed by atoms with E-state index in [4.69, 9.17) is 17.3 Å². The lowest BCUT2D eigenvalue weighted by Gasteiger charge is -2.07. The van der Waals surface area contributed by atoms with E-state index in [1.165, 1.54) is 19.1 Å². The number of amides is 1. The first kappa shape index (κ1) is 9.67. The minimum atomic E-state index is -0.294. The normalized spacial score (nSPS) is 9.69. The Labute approximate surface area is 80.3 Å². The lowest BCUT2D eigenvalue weighted by molar-refractivity contribution is -0.114. The number of nitrogen functional groups attached to an aromatic ring is 1. The number of rotatable bonds is 1. The summed E-state index contributed by atoms with van der Waals surface area (Å²) in [6, 6.07) is 2.83. The zero-order chi connectivity index (χ0) is 10.0. The Morgan fingerprint density at radius 2 is 2.23 bits per heavy atom. The van der Waals surface area contributed by atoms with Gasteiger partial charge < -0.3 is 16.2 Å². The molecular weight excluding hydrogens is 192 g/mol. The van der Waals surface area contributed by atoms with Gasteiger partial charge in [0.05, 0.1) is 11.4 Å². The second-order valence-corrected chi connectivity index (χ2v) is 3.01. The van der Waals surface area contributed by atoms with Crippen LogP contribution in [-0.2, 0) is 4.79 Å². The number of halogens is 1. The molecule has 0 spiro atoms. The van der Waals surface area contributed by atoms with Crippen molar-refractivity contribution in [1.29, 1.82) is 0 Å². The van der Waals surface area contributed by atoms with Crippen molar-refractivity contribution in [1.82, 2.24) is 0 Å². The number of carbonyl (C=O) groups excluding carboxylic acids is 1. The maximum absolute atomic E-state index is 10.7. The van der Waals surface area contributed by atoms with Crippen molar-refractivity contribution >= 4 is 28.9 Å². The number of carbonyl (C=O) groups is 1. The molecule has 70 valence electrons. The number of nitrogens with one attached hydrogen (secondary N) is 1. The minimum Gasteiger partial charge on any atom is -0.504 e. The van der Waals surface area contributed by atoms with E-state index in [-0.39, 0.29) is 23.0 Å². The molecule has 4 nitrogen and oxygen atoms in total. The van der Waals surface area contributed by atoms with Gasteiger partial charge in [-0.2, -0.15) is 0 Å². The first-order valence-corrected chi connectivity index (χ1v) is 3.94. The number of phenolic OH excluding ortho intramolecular Hbond substituents is 1. The number of benzene rings is 1. The Morgan fingerprint density at radius 3 is 2.77 bits per heavy atom. The molecule has 1 amide bonds. The summed E-state index contributed by atoms with van der Waals surface area (Å²) in [6.45, 7) is 1.33. The third-order valence-electron chi connectivity index (χ3n) is 1.41. The Balaban J connectivity index is 3.12. The fourth-order valence-electron chi connectivity index (χ4n) is 0.905. The van der Waals surface area contributed by atoms with E-state index in [9.17, 15) is 9.90 Å². The number of aromatic hydroxyl groups is 1. The number of hydrogen-bond acceptors (Lipinski definition) is 3. The Kier molecular flexibility index (Phi) is 2.63. The third-order valence-corrected chi connectivity index (χ3v) is 1.63. The molecule has 1 rings (SSSR count). The van der Waals surface area contributed by atoms with Crippen molar-refractivity contribution in [3.8, 4) is 5.75 Å². The highest BCUT2D eigenvalue weighted by atomic mass is 35.5. The van der Waals surface area contributed by atoms with E-state index < -0.39 is 0 Å². The molecule has 0 aromatic heterocycles. The van der Waals surface area contributed by atoms with E-state index in [1.807, 2.05) is 0 Å². The van der Waals surface area contributed by atoms with E-state index in [2.05, 4.69) is 5.32 Å². The van der Waals surface area contributed by atoms with Crippen LogP contribution in [0, 0.1) is 0 Å². The zero-order valence-corrected chi connectivity index (χ0v) is 7.72. The summed E-state index contributed by atoms with van der Waals surface area (Å²) in [5.74, 6) is -0.462. The molecule has 0 heterocycles. The van der Waals surface area contributed by atoms with Gasteiger partial charge in [0.2, 0.25) is 5.91 Å². The van der Waals surface area contributed by atoms with Crippen LogP contribution >= 0.6 is 11.6 Å². The lowest BCUT2D eigenvalue weighted by Crippen LogP contribution is -2.06. The average Bonchev–Trinajstić information content (AvgIpc) is 1.98. The monoisotopic (exact) mass is 200 g/mol. The van der Waals surface area contributed by atoms with E-state index in [0.29, 0.717) is 5.02 Å². The molecule has 0 bridgehead atoms. The van der Waals surface area contributed by atoms with Crippen LogP contribution in [0.25, 0.3) is 0 Å². The summed E-state index contributed by atoms with van der Waals surface area (Å²) in [6.07, 6.45) is 0. The summed E-state index contributed by atoms with van der Waals surface area (Å²) in [4.78, 5) is 10.7. The van der Waals surface area contributed by atoms with Gasteiger partial charge in [-0.05, 0) is 12.1 Å². The topological polar surface area (TPSA) is 75.4 Å². The molecule has 0 saturated heterocycles. The van der Waals surface area contributed by atoms with Gasteiger partial charge in [-0.15, -0.1) is 0 Å². The molecule has 0 aliphatic heterocycles. The number of phenols is 1. The molecule has 0 aliphatic rings. The second-order valence-electron chi connectivity index (χ2n) is 2.57. The van der Waals surface area contributed by atoms with Crippen molar-refractivity contribution in [2.75, 3.05) is 11.1 Å². The quantitative estimate of drug-likeness (QED) is 0.476. The average molecular weight is 201 g/mol. The van der Waals surface area contributed by atoms with Crippen molar-refractivity contribution in [2.45, 2.75) is 6.92 Å². The van der Waals surface area contributed by atoms with Gasteiger partial charge in [0.25, 0.3) is 0 Å². The summed E-state index contributed by atoms with van der Waals surface area (Å²) < 4.78 is 0. The van der Waals surface area contributed by atoms with Crippen molar-refractivity contribution < 1.29 is 9.90 Å². The zero-order valence-electron chi connectivity index (χ0n) is 6.97. The molecule has 5 heteroatoms. The van der Waals surface area contributed by atoms with Crippen molar-refractivity contribution in [3.05, 3.63) is 17.2 Å². The standard InChI is InChI=1S/C8H9ClN2O2/c1-4(12)11-7-3-5(9)2-6(10)8(7)13/h2-3,13H,10H2,1H3,(H,11,12). The van der Waals surface area contributed by atoms with Crippen LogP contribution in [0.3, 0.4) is 0 Å². The highest BCUT2D eigenvalue weighted by Crippen LogP contribution is 2.33. The SMILES string of the molecule is CC(=O)Nc1cc(Cl)cc(N)c1O. The minimum absolute atomic E-state index is 0.135. The first-order valence-electron chi connectivity index (χ1n) is 3.56. The number of anilines is 2. The van der Waals surface area contributed by atoms with Gasteiger partial charge in [0.15, 0.2) is 5.75 Å². The molecule has 0 unspecified atom stereocenters. The van der Waals surface area contributed by atoms with Crippen molar-refractivity contribution in [3.63, 3.8) is 0 Å². The summed E-state index contributed by atoms with van der Waals surface area (Å²) in [5.41, 5.74) is 5.77. The van der Waals surface area contributed by atoms with Crippen LogP contribution < -0.4 is 11.1 Å². The molecule has 0 fully saturated rings.